The number of carbonyl (C=O) groups is 1. The van der Waals surface area contributed by atoms with Gasteiger partial charge in [-0.05, 0) is 45.2 Å². The van der Waals surface area contributed by atoms with E-state index >= 15 is 0 Å². The second-order valence-corrected chi connectivity index (χ2v) is 8.52. The molecule has 1 N–H and O–H groups in total. The molecule has 1 atom stereocenters. The third-order valence-electron chi connectivity index (χ3n) is 5.45. The summed E-state index contributed by atoms with van der Waals surface area (Å²) in [6.45, 7) is 5.71. The van der Waals surface area contributed by atoms with Crippen LogP contribution in [0.1, 0.15) is 56.3 Å². The van der Waals surface area contributed by atoms with Crippen LogP contribution in [0.3, 0.4) is 0 Å². The number of nitrogens with zero attached hydrogens (tertiary/aromatic N) is 3. The molecule has 3 heterocycles. The topological polar surface area (TPSA) is 76.9 Å². The Kier molecular flexibility index (Phi) is 4.72. The average molecular weight is 385 g/mol. The fourth-order valence-corrected chi connectivity index (χ4v) is 5.14. The monoisotopic (exact) mass is 384 g/mol. The van der Waals surface area contributed by atoms with E-state index in [2.05, 4.69) is 15.3 Å². The normalized spacial score (nSPS) is 16.7. The first-order valence-corrected chi connectivity index (χ1v) is 10.4. The van der Waals surface area contributed by atoms with Crippen molar-refractivity contribution in [3.8, 4) is 0 Å². The molecule has 7 heteroatoms. The van der Waals surface area contributed by atoms with Crippen LogP contribution in [0.4, 0.5) is 0 Å². The SMILES string of the molecule is Cc1cc(C)c2c(n1)sc1c(=O)n([C@H](C)C(=O)NC3CCCCC3)cnc12. The molecular weight excluding hydrogens is 360 g/mol. The number of pyridine rings is 1. The van der Waals surface area contributed by atoms with Gasteiger partial charge in [0.1, 0.15) is 15.6 Å². The molecule has 1 aliphatic carbocycles. The van der Waals surface area contributed by atoms with E-state index in [4.69, 9.17) is 0 Å². The summed E-state index contributed by atoms with van der Waals surface area (Å²) in [5.74, 6) is -0.114. The molecule has 0 saturated heterocycles. The molecule has 6 nitrogen and oxygen atoms in total. The first-order valence-electron chi connectivity index (χ1n) is 9.53. The zero-order valence-electron chi connectivity index (χ0n) is 15.9. The summed E-state index contributed by atoms with van der Waals surface area (Å²) in [4.78, 5) is 35.6. The molecule has 4 rings (SSSR count). The van der Waals surface area contributed by atoms with Gasteiger partial charge in [0, 0.05) is 17.1 Å². The Morgan fingerprint density at radius 2 is 2.04 bits per heavy atom. The van der Waals surface area contributed by atoms with Crippen molar-refractivity contribution < 1.29 is 4.79 Å². The van der Waals surface area contributed by atoms with Crippen LogP contribution in [-0.2, 0) is 4.79 Å². The van der Waals surface area contributed by atoms with E-state index in [0.717, 1.165) is 47.2 Å². The van der Waals surface area contributed by atoms with E-state index in [1.807, 2.05) is 19.9 Å². The van der Waals surface area contributed by atoms with Gasteiger partial charge >= 0.3 is 0 Å². The lowest BCUT2D eigenvalue weighted by Crippen LogP contribution is -2.42. The maximum Gasteiger partial charge on any atom is 0.272 e. The number of nitrogens with one attached hydrogen (secondary N) is 1. The minimum Gasteiger partial charge on any atom is -0.352 e. The molecule has 0 unspecified atom stereocenters. The zero-order chi connectivity index (χ0) is 19.1. The average Bonchev–Trinajstić information content (AvgIpc) is 3.02. The third kappa shape index (κ3) is 3.25. The Hall–Kier alpha value is -2.28. The number of rotatable bonds is 3. The number of hydrogen-bond donors (Lipinski definition) is 1. The van der Waals surface area contributed by atoms with Crippen LogP contribution in [0.2, 0.25) is 0 Å². The minimum absolute atomic E-state index is 0.114. The summed E-state index contributed by atoms with van der Waals surface area (Å²) in [7, 11) is 0. The number of aryl methyl sites for hydroxylation is 2. The van der Waals surface area contributed by atoms with Crippen LogP contribution in [0.15, 0.2) is 17.2 Å². The van der Waals surface area contributed by atoms with Gasteiger partial charge in [-0.3, -0.25) is 14.2 Å². The molecule has 1 saturated carbocycles. The fraction of sp³-hybridized carbons (Fsp3) is 0.500. The Morgan fingerprint density at radius 3 is 2.78 bits per heavy atom. The molecule has 0 radical (unpaired) electrons. The molecule has 1 amide bonds. The predicted octanol–water partition coefficient (Wildman–Crippen LogP) is 3.63. The lowest BCUT2D eigenvalue weighted by Gasteiger charge is -2.24. The molecule has 0 aliphatic heterocycles. The largest absolute Gasteiger partial charge is 0.352 e. The number of carbonyl (C=O) groups excluding carboxylic acids is 1. The van der Waals surface area contributed by atoms with Crippen LogP contribution in [-0.4, -0.2) is 26.5 Å². The lowest BCUT2D eigenvalue weighted by atomic mass is 9.95. The van der Waals surface area contributed by atoms with Gasteiger partial charge in [-0.15, -0.1) is 11.3 Å². The number of amides is 1. The van der Waals surface area contributed by atoms with Crippen LogP contribution >= 0.6 is 11.3 Å². The zero-order valence-corrected chi connectivity index (χ0v) is 16.7. The summed E-state index contributed by atoms with van der Waals surface area (Å²) in [6, 6.07) is 1.64. The molecule has 142 valence electrons. The second kappa shape index (κ2) is 7.03. The first-order chi connectivity index (χ1) is 13.0. The van der Waals surface area contributed by atoms with Gasteiger partial charge in [0.2, 0.25) is 5.91 Å². The van der Waals surface area contributed by atoms with Crippen molar-refractivity contribution in [3.63, 3.8) is 0 Å². The van der Waals surface area contributed by atoms with Crippen molar-refractivity contribution in [1.82, 2.24) is 19.9 Å². The van der Waals surface area contributed by atoms with Crippen molar-refractivity contribution in [1.29, 1.82) is 0 Å². The molecule has 1 aliphatic rings. The molecule has 1 fully saturated rings. The van der Waals surface area contributed by atoms with E-state index < -0.39 is 6.04 Å². The Morgan fingerprint density at radius 1 is 1.30 bits per heavy atom. The summed E-state index contributed by atoms with van der Waals surface area (Å²) in [6.07, 6.45) is 7.08. The van der Waals surface area contributed by atoms with E-state index in [1.165, 1.54) is 28.7 Å². The predicted molar refractivity (Wildman–Crippen MR) is 108 cm³/mol. The number of thiophene rings is 1. The fourth-order valence-electron chi connectivity index (χ4n) is 3.95. The standard InChI is InChI=1S/C20H24N4O2S/c1-11-9-12(2)22-19-15(11)16-17(27-19)20(26)24(10-21-16)13(3)18(25)23-14-7-5-4-6-8-14/h9-10,13-14H,4-8H2,1-3H3,(H,23,25)/t13-/m1/s1. The number of aromatic nitrogens is 3. The van der Waals surface area contributed by atoms with Crippen molar-refractivity contribution in [2.45, 2.75) is 65.0 Å². The van der Waals surface area contributed by atoms with Crippen molar-refractivity contribution in [2.75, 3.05) is 0 Å². The molecule has 0 bridgehead atoms. The highest BCUT2D eigenvalue weighted by molar-refractivity contribution is 7.25. The molecule has 3 aromatic rings. The third-order valence-corrected chi connectivity index (χ3v) is 6.51. The Bertz CT molecular complexity index is 1080. The van der Waals surface area contributed by atoms with E-state index in [1.54, 1.807) is 6.92 Å². The van der Waals surface area contributed by atoms with E-state index in [-0.39, 0.29) is 17.5 Å². The van der Waals surface area contributed by atoms with Crippen molar-refractivity contribution in [3.05, 3.63) is 34.0 Å². The van der Waals surface area contributed by atoms with Gasteiger partial charge < -0.3 is 5.32 Å². The van der Waals surface area contributed by atoms with Crippen molar-refractivity contribution in [2.24, 2.45) is 0 Å². The van der Waals surface area contributed by atoms with Crippen LogP contribution in [0, 0.1) is 13.8 Å². The van der Waals surface area contributed by atoms with Gasteiger partial charge in [0.25, 0.3) is 5.56 Å². The van der Waals surface area contributed by atoms with E-state index in [0.29, 0.717) is 10.2 Å². The molecular formula is C20H24N4O2S. The number of hydrogen-bond acceptors (Lipinski definition) is 5. The Balaban J connectivity index is 1.70. The van der Waals surface area contributed by atoms with Gasteiger partial charge in [0.15, 0.2) is 0 Å². The highest BCUT2D eigenvalue weighted by atomic mass is 32.1. The van der Waals surface area contributed by atoms with Gasteiger partial charge in [-0.1, -0.05) is 19.3 Å². The van der Waals surface area contributed by atoms with Gasteiger partial charge in [-0.2, -0.15) is 0 Å². The molecule has 3 aromatic heterocycles. The maximum atomic E-state index is 13.1. The second-order valence-electron chi connectivity index (χ2n) is 7.52. The van der Waals surface area contributed by atoms with Crippen LogP contribution in [0.5, 0.6) is 0 Å². The Labute approximate surface area is 161 Å². The highest BCUT2D eigenvalue weighted by Crippen LogP contribution is 2.31. The van der Waals surface area contributed by atoms with Gasteiger partial charge in [0.05, 0.1) is 11.8 Å². The minimum atomic E-state index is -0.586. The molecule has 0 aromatic carbocycles. The van der Waals surface area contributed by atoms with Crippen molar-refractivity contribution >= 4 is 37.7 Å². The lowest BCUT2D eigenvalue weighted by molar-refractivity contribution is -0.124. The first kappa shape index (κ1) is 18.1. The summed E-state index contributed by atoms with van der Waals surface area (Å²) < 4.78 is 2.00. The smallest absolute Gasteiger partial charge is 0.272 e. The van der Waals surface area contributed by atoms with Gasteiger partial charge in [-0.25, -0.2) is 9.97 Å². The van der Waals surface area contributed by atoms with Crippen LogP contribution in [0.25, 0.3) is 20.4 Å². The highest BCUT2D eigenvalue weighted by Gasteiger charge is 2.23. The summed E-state index contributed by atoms with van der Waals surface area (Å²) in [5, 5.41) is 4.03. The maximum absolute atomic E-state index is 13.1. The van der Waals surface area contributed by atoms with E-state index in [9.17, 15) is 9.59 Å². The molecule has 27 heavy (non-hydrogen) atoms. The summed E-state index contributed by atoms with van der Waals surface area (Å²) in [5.41, 5.74) is 2.50. The molecule has 0 spiro atoms. The quantitative estimate of drug-likeness (QED) is 0.748. The number of fused-ring (bicyclic) bond motifs is 3. The van der Waals surface area contributed by atoms with Crippen LogP contribution < -0.4 is 10.9 Å². The summed E-state index contributed by atoms with van der Waals surface area (Å²) >= 11 is 1.36.